The molecular formula is C20H23NO4. The van der Waals surface area contributed by atoms with Crippen molar-refractivity contribution in [2.45, 2.75) is 31.5 Å². The first-order valence-electron chi connectivity index (χ1n) is 9.01. The minimum atomic E-state index is -0.645. The number of nitrogens with zero attached hydrogens (tertiary/aromatic N) is 1. The molecule has 2 saturated heterocycles. The maximum Gasteiger partial charge on any atom is 0.312 e. The minimum Gasteiger partial charge on any atom is -0.465 e. The molecule has 5 heteroatoms. The van der Waals surface area contributed by atoms with E-state index in [0.717, 1.165) is 12.8 Å². The summed E-state index contributed by atoms with van der Waals surface area (Å²) in [6.45, 7) is 3.50. The smallest absolute Gasteiger partial charge is 0.312 e. The molecule has 0 aliphatic carbocycles. The van der Waals surface area contributed by atoms with Crippen LogP contribution in [0.2, 0.25) is 0 Å². The Morgan fingerprint density at radius 2 is 2.16 bits per heavy atom. The third-order valence-electron chi connectivity index (χ3n) is 5.41. The Labute approximate surface area is 147 Å². The lowest BCUT2D eigenvalue weighted by Gasteiger charge is -2.22. The van der Waals surface area contributed by atoms with E-state index in [2.05, 4.69) is 12.1 Å². The molecule has 0 radical (unpaired) electrons. The molecule has 3 heterocycles. The fourth-order valence-electron chi connectivity index (χ4n) is 4.24. The molecule has 25 heavy (non-hydrogen) atoms. The SMILES string of the molecule is CCCOC(=O)[C@H]1[C@H]2C(=O)N(CCc3ccccc3)C[C@]23C=C[C@H]1O3. The lowest BCUT2D eigenvalue weighted by molar-refractivity contribution is -0.153. The summed E-state index contributed by atoms with van der Waals surface area (Å²) in [5.74, 6) is -1.24. The fraction of sp³-hybridized carbons (Fsp3) is 0.500. The molecule has 1 spiro atoms. The van der Waals surface area contributed by atoms with Crippen molar-refractivity contribution >= 4 is 11.9 Å². The third-order valence-corrected chi connectivity index (χ3v) is 5.41. The van der Waals surface area contributed by atoms with E-state index in [9.17, 15) is 9.59 Å². The van der Waals surface area contributed by atoms with Gasteiger partial charge in [0.1, 0.15) is 11.5 Å². The number of amides is 1. The summed E-state index contributed by atoms with van der Waals surface area (Å²) in [6, 6.07) is 10.1. The Bertz CT molecular complexity index is 701. The molecule has 1 amide bonds. The van der Waals surface area contributed by atoms with Gasteiger partial charge in [-0.1, -0.05) is 49.4 Å². The van der Waals surface area contributed by atoms with E-state index in [1.54, 1.807) is 0 Å². The number of hydrogen-bond donors (Lipinski definition) is 0. The van der Waals surface area contributed by atoms with Crippen LogP contribution in [-0.2, 0) is 25.5 Å². The van der Waals surface area contributed by atoms with Gasteiger partial charge in [0, 0.05) is 6.54 Å². The summed E-state index contributed by atoms with van der Waals surface area (Å²) in [6.07, 6.45) is 5.14. The highest BCUT2D eigenvalue weighted by atomic mass is 16.6. The van der Waals surface area contributed by atoms with Crippen LogP contribution >= 0.6 is 0 Å². The van der Waals surface area contributed by atoms with Crippen LogP contribution in [0.15, 0.2) is 42.5 Å². The van der Waals surface area contributed by atoms with Gasteiger partial charge >= 0.3 is 5.97 Å². The second kappa shape index (κ2) is 6.30. The van der Waals surface area contributed by atoms with Gasteiger partial charge in [-0.05, 0) is 18.4 Å². The summed E-state index contributed by atoms with van der Waals surface area (Å²) >= 11 is 0. The average molecular weight is 341 g/mol. The van der Waals surface area contributed by atoms with Gasteiger partial charge in [0.15, 0.2) is 0 Å². The summed E-state index contributed by atoms with van der Waals surface area (Å²) in [5.41, 5.74) is 0.554. The highest BCUT2D eigenvalue weighted by Gasteiger charge is 2.67. The lowest BCUT2D eigenvalue weighted by Crippen LogP contribution is -2.40. The zero-order chi connectivity index (χ0) is 17.4. The predicted molar refractivity (Wildman–Crippen MR) is 91.7 cm³/mol. The van der Waals surface area contributed by atoms with Crippen LogP contribution in [0.5, 0.6) is 0 Å². The van der Waals surface area contributed by atoms with Gasteiger partial charge in [-0.15, -0.1) is 0 Å². The standard InChI is InChI=1S/C20H23NO4/c1-2-12-24-19(23)16-15-8-10-20(25-15)13-21(18(22)17(16)20)11-9-14-6-4-3-5-7-14/h3-8,10,15-17H,2,9,11-13H2,1H3/t15-,16-,17+,20-/m1/s1. The predicted octanol–water partition coefficient (Wildman–Crippen LogP) is 1.96. The van der Waals surface area contributed by atoms with E-state index < -0.39 is 17.4 Å². The Morgan fingerprint density at radius 3 is 2.92 bits per heavy atom. The van der Waals surface area contributed by atoms with Crippen LogP contribution in [0.4, 0.5) is 0 Å². The molecule has 0 aromatic heterocycles. The number of fused-ring (bicyclic) bond motifs is 1. The Kier molecular flexibility index (Phi) is 4.12. The number of ether oxygens (including phenoxy) is 2. The highest BCUT2D eigenvalue weighted by molar-refractivity contribution is 5.91. The first kappa shape index (κ1) is 16.3. The largest absolute Gasteiger partial charge is 0.465 e. The van der Waals surface area contributed by atoms with Gasteiger partial charge in [-0.3, -0.25) is 9.59 Å². The average Bonchev–Trinajstić information content (AvgIpc) is 3.27. The molecule has 0 saturated carbocycles. The van der Waals surface area contributed by atoms with Crippen LogP contribution in [-0.4, -0.2) is 48.2 Å². The van der Waals surface area contributed by atoms with E-state index >= 15 is 0 Å². The quantitative estimate of drug-likeness (QED) is 0.586. The second-order valence-corrected chi connectivity index (χ2v) is 7.06. The monoisotopic (exact) mass is 341 g/mol. The fourth-order valence-corrected chi connectivity index (χ4v) is 4.24. The molecule has 5 nitrogen and oxygen atoms in total. The summed E-state index contributed by atoms with van der Waals surface area (Å²) in [4.78, 5) is 27.3. The van der Waals surface area contributed by atoms with E-state index in [-0.39, 0.29) is 18.0 Å². The summed E-state index contributed by atoms with van der Waals surface area (Å²) in [7, 11) is 0. The number of likely N-dealkylation sites (tertiary alicyclic amines) is 1. The number of hydrogen-bond acceptors (Lipinski definition) is 4. The molecule has 0 N–H and O–H groups in total. The molecule has 4 atom stereocenters. The van der Waals surface area contributed by atoms with Crippen molar-refractivity contribution in [1.29, 1.82) is 0 Å². The van der Waals surface area contributed by atoms with Crippen molar-refractivity contribution in [3.63, 3.8) is 0 Å². The Balaban J connectivity index is 1.48. The summed E-state index contributed by atoms with van der Waals surface area (Å²) < 4.78 is 11.4. The number of esters is 1. The maximum absolute atomic E-state index is 13.0. The number of carbonyl (C=O) groups excluding carboxylic acids is 2. The first-order chi connectivity index (χ1) is 12.1. The van der Waals surface area contributed by atoms with Crippen LogP contribution in [0.3, 0.4) is 0 Å². The van der Waals surface area contributed by atoms with E-state index in [4.69, 9.17) is 9.47 Å². The molecule has 1 aromatic rings. The van der Waals surface area contributed by atoms with E-state index in [1.807, 2.05) is 42.2 Å². The highest BCUT2D eigenvalue weighted by Crippen LogP contribution is 2.52. The second-order valence-electron chi connectivity index (χ2n) is 7.06. The van der Waals surface area contributed by atoms with Gasteiger partial charge in [-0.2, -0.15) is 0 Å². The topological polar surface area (TPSA) is 55.8 Å². The molecule has 1 aromatic carbocycles. The summed E-state index contributed by atoms with van der Waals surface area (Å²) in [5, 5.41) is 0. The van der Waals surface area contributed by atoms with Crippen molar-refractivity contribution in [2.75, 3.05) is 19.7 Å². The molecule has 2 fully saturated rings. The van der Waals surface area contributed by atoms with Gasteiger partial charge in [0.25, 0.3) is 0 Å². The van der Waals surface area contributed by atoms with Gasteiger partial charge in [0.05, 0.1) is 25.2 Å². The van der Waals surface area contributed by atoms with Crippen LogP contribution in [0.1, 0.15) is 18.9 Å². The normalized spacial score (nSPS) is 32.3. The van der Waals surface area contributed by atoms with Crippen molar-refractivity contribution in [2.24, 2.45) is 11.8 Å². The number of carbonyl (C=O) groups is 2. The number of rotatable bonds is 6. The number of benzene rings is 1. The lowest BCUT2D eigenvalue weighted by atomic mass is 9.77. The zero-order valence-electron chi connectivity index (χ0n) is 14.4. The van der Waals surface area contributed by atoms with Gasteiger partial charge in [0.2, 0.25) is 5.91 Å². The zero-order valence-corrected chi connectivity index (χ0v) is 14.4. The molecule has 3 aliphatic heterocycles. The minimum absolute atomic E-state index is 0.0150. The van der Waals surface area contributed by atoms with E-state index in [0.29, 0.717) is 19.7 Å². The van der Waals surface area contributed by atoms with Crippen LogP contribution < -0.4 is 0 Å². The molecule has 2 bridgehead atoms. The van der Waals surface area contributed by atoms with Gasteiger partial charge in [-0.25, -0.2) is 0 Å². The molecule has 4 rings (SSSR count). The molecule has 3 aliphatic rings. The molecule has 0 unspecified atom stereocenters. The van der Waals surface area contributed by atoms with Crippen molar-refractivity contribution in [3.05, 3.63) is 48.0 Å². The van der Waals surface area contributed by atoms with Crippen LogP contribution in [0, 0.1) is 11.8 Å². The first-order valence-corrected chi connectivity index (χ1v) is 9.01. The molecule has 132 valence electrons. The van der Waals surface area contributed by atoms with Gasteiger partial charge < -0.3 is 14.4 Å². The third kappa shape index (κ3) is 2.67. The van der Waals surface area contributed by atoms with Crippen LogP contribution in [0.25, 0.3) is 0 Å². The van der Waals surface area contributed by atoms with E-state index in [1.165, 1.54) is 5.56 Å². The maximum atomic E-state index is 13.0. The van der Waals surface area contributed by atoms with Crippen molar-refractivity contribution in [3.8, 4) is 0 Å². The molecular weight excluding hydrogens is 318 g/mol. The van der Waals surface area contributed by atoms with Crippen molar-refractivity contribution in [1.82, 2.24) is 4.90 Å². The Morgan fingerprint density at radius 1 is 1.36 bits per heavy atom. The Hall–Kier alpha value is -2.14. The van der Waals surface area contributed by atoms with Crippen molar-refractivity contribution < 1.29 is 19.1 Å².